The van der Waals surface area contributed by atoms with E-state index in [1.165, 1.54) is 14.0 Å². The summed E-state index contributed by atoms with van der Waals surface area (Å²) in [6.45, 7) is 17.9. The summed E-state index contributed by atoms with van der Waals surface area (Å²) in [5, 5.41) is 53.8. The molecular formula is C44H76N4O13. The lowest BCUT2D eigenvalue weighted by atomic mass is 9.77. The lowest BCUT2D eigenvalue weighted by molar-refractivity contribution is -0.318. The summed E-state index contributed by atoms with van der Waals surface area (Å²) in [5.41, 5.74) is -3.84. The van der Waals surface area contributed by atoms with Gasteiger partial charge in [0, 0.05) is 50.5 Å². The molecule has 17 heteroatoms. The Kier molecular flexibility index (Phi) is 17.9. The van der Waals surface area contributed by atoms with Crippen molar-refractivity contribution in [2.24, 2.45) is 17.8 Å². The van der Waals surface area contributed by atoms with Crippen LogP contribution in [0.1, 0.15) is 100 Å². The summed E-state index contributed by atoms with van der Waals surface area (Å²) in [4.78, 5) is 33.9. The molecule has 0 radical (unpaired) electrons. The highest BCUT2D eigenvalue weighted by molar-refractivity contribution is 5.73. The van der Waals surface area contributed by atoms with Crippen molar-refractivity contribution < 1.29 is 63.2 Å². The molecule has 0 saturated carbocycles. The molecular weight excluding hydrogens is 792 g/mol. The second-order valence-corrected chi connectivity index (χ2v) is 18.8. The van der Waals surface area contributed by atoms with E-state index in [-0.39, 0.29) is 43.9 Å². The molecule has 3 saturated heterocycles. The topological polar surface area (TPSA) is 220 Å². The van der Waals surface area contributed by atoms with Crippen LogP contribution in [0.2, 0.25) is 0 Å². The Hall–Kier alpha value is -2.55. The third kappa shape index (κ3) is 12.6. The van der Waals surface area contributed by atoms with Crippen LogP contribution >= 0.6 is 0 Å². The summed E-state index contributed by atoms with van der Waals surface area (Å²) in [7, 11) is 5.25. The van der Waals surface area contributed by atoms with Crippen molar-refractivity contribution in [1.82, 2.24) is 20.5 Å². The monoisotopic (exact) mass is 869 g/mol. The van der Waals surface area contributed by atoms with Crippen LogP contribution in [-0.2, 0) is 44.5 Å². The highest BCUT2D eigenvalue weighted by atomic mass is 16.7. The van der Waals surface area contributed by atoms with Crippen molar-refractivity contribution in [3.05, 3.63) is 30.1 Å². The summed E-state index contributed by atoms with van der Waals surface area (Å²) in [5.74, 6) is -2.85. The maximum absolute atomic E-state index is 14.6. The van der Waals surface area contributed by atoms with Crippen molar-refractivity contribution in [2.45, 2.75) is 192 Å². The minimum absolute atomic E-state index is 0.100. The van der Waals surface area contributed by atoms with E-state index >= 15 is 0 Å². The van der Waals surface area contributed by atoms with E-state index < -0.39 is 102 Å². The van der Waals surface area contributed by atoms with Gasteiger partial charge in [-0.15, -0.1) is 0 Å². The van der Waals surface area contributed by atoms with E-state index in [1.54, 1.807) is 73.0 Å². The van der Waals surface area contributed by atoms with Gasteiger partial charge in [0.25, 0.3) is 0 Å². The second-order valence-electron chi connectivity index (χ2n) is 18.8. The van der Waals surface area contributed by atoms with Crippen molar-refractivity contribution >= 4 is 12.1 Å². The van der Waals surface area contributed by atoms with Gasteiger partial charge in [0.2, 0.25) is 0 Å². The Morgan fingerprint density at radius 2 is 1.72 bits per heavy atom. The number of aromatic nitrogens is 1. The maximum atomic E-state index is 14.6. The lowest BCUT2D eigenvalue weighted by Gasteiger charge is -2.48. The molecule has 3 fully saturated rings. The van der Waals surface area contributed by atoms with Crippen LogP contribution in [0.5, 0.6) is 0 Å². The second kappa shape index (κ2) is 21.4. The predicted octanol–water partition coefficient (Wildman–Crippen LogP) is 2.89. The Bertz CT molecular complexity index is 1540. The Labute approximate surface area is 362 Å². The minimum atomic E-state index is -1.91. The smallest absolute Gasteiger partial charge is 0.407 e. The Balaban J connectivity index is 1.77. The highest BCUT2D eigenvalue weighted by Gasteiger charge is 2.53. The number of likely N-dealkylation sites (N-methyl/N-ethyl adjacent to an activating group) is 1. The number of amides is 1. The van der Waals surface area contributed by atoms with Gasteiger partial charge in [-0.3, -0.25) is 9.78 Å². The first-order valence-corrected chi connectivity index (χ1v) is 21.9. The summed E-state index contributed by atoms with van der Waals surface area (Å²) < 4.78 is 43.9. The number of hydrogen-bond donors (Lipinski definition) is 6. The molecule has 350 valence electrons. The van der Waals surface area contributed by atoms with Gasteiger partial charge in [0.1, 0.15) is 23.9 Å². The average Bonchev–Trinajstić information content (AvgIpc) is 3.20. The first kappa shape index (κ1) is 51.1. The molecule has 61 heavy (non-hydrogen) atoms. The number of nitrogens with one attached hydrogen (secondary N) is 2. The first-order chi connectivity index (χ1) is 28.4. The Morgan fingerprint density at radius 1 is 1.03 bits per heavy atom. The number of nitrogens with zero attached hydrogens (tertiary/aromatic N) is 2. The Morgan fingerprint density at radius 3 is 2.33 bits per heavy atom. The van der Waals surface area contributed by atoms with Crippen molar-refractivity contribution in [3.8, 4) is 0 Å². The van der Waals surface area contributed by atoms with Crippen LogP contribution in [0.4, 0.5) is 4.79 Å². The van der Waals surface area contributed by atoms with Gasteiger partial charge < -0.3 is 69.1 Å². The van der Waals surface area contributed by atoms with Crippen molar-refractivity contribution in [1.29, 1.82) is 0 Å². The van der Waals surface area contributed by atoms with Crippen LogP contribution in [0, 0.1) is 17.8 Å². The number of aliphatic hydroxyl groups is 4. The van der Waals surface area contributed by atoms with Crippen molar-refractivity contribution in [3.63, 3.8) is 0 Å². The number of alkyl carbamates (subject to hydrolysis) is 1. The molecule has 4 rings (SSSR count). The standard InChI is InChI=1S/C44H76N4O13/c1-14-32-44(10,54)38(61-41(52)47-23-30-16-15-17-45-22-30)28(6)46-21-24(2)19-42(8,53)37(60-40-34(49)31(48(11)12)18-25(3)56-40)26(4)35(27(5)39(51)58-32)59-33-20-43(9,55-13)36(50)29(7)57-33/h15-17,22,24-29,31-38,40,46,49-50,53-54H,14,18-21,23H2,1-13H3,(H,47,52)/t24-,25-,26+,27-,28-,29+,31+,32-,33+,34-,35+,36+,37-,38-,40+,42-,43-,44-/m1/s1. The van der Waals surface area contributed by atoms with Gasteiger partial charge in [-0.05, 0) is 106 Å². The molecule has 3 aliphatic heterocycles. The molecule has 17 nitrogen and oxygen atoms in total. The largest absolute Gasteiger partial charge is 0.459 e. The van der Waals surface area contributed by atoms with E-state index in [4.69, 9.17) is 33.2 Å². The zero-order valence-electron chi connectivity index (χ0n) is 38.6. The van der Waals surface area contributed by atoms with E-state index in [9.17, 15) is 30.0 Å². The number of pyridine rings is 1. The number of cyclic esters (lactones) is 1. The molecule has 0 unspecified atom stereocenters. The summed E-state index contributed by atoms with van der Waals surface area (Å²) in [6, 6.07) is 2.58. The number of esters is 1. The third-order valence-corrected chi connectivity index (χ3v) is 13.1. The van der Waals surface area contributed by atoms with Crippen LogP contribution in [0.3, 0.4) is 0 Å². The summed E-state index contributed by atoms with van der Waals surface area (Å²) >= 11 is 0. The molecule has 6 N–H and O–H groups in total. The number of methoxy groups -OCH3 is 1. The van der Waals surface area contributed by atoms with Gasteiger partial charge >= 0.3 is 12.1 Å². The molecule has 0 bridgehead atoms. The number of carbonyl (C=O) groups excluding carboxylic acids is 2. The number of hydrogen-bond acceptors (Lipinski definition) is 16. The van der Waals surface area contributed by atoms with Gasteiger partial charge in [-0.25, -0.2) is 4.79 Å². The maximum Gasteiger partial charge on any atom is 0.407 e. The first-order valence-electron chi connectivity index (χ1n) is 21.9. The normalized spacial score (nSPS) is 43.4. The third-order valence-electron chi connectivity index (χ3n) is 13.1. The molecule has 0 spiro atoms. The van der Waals surface area contributed by atoms with Gasteiger partial charge in [-0.1, -0.05) is 26.8 Å². The van der Waals surface area contributed by atoms with Gasteiger partial charge in [-0.2, -0.15) is 0 Å². The van der Waals surface area contributed by atoms with E-state index in [1.807, 2.05) is 32.8 Å². The highest BCUT2D eigenvalue weighted by Crippen LogP contribution is 2.40. The summed E-state index contributed by atoms with van der Waals surface area (Å²) in [6.07, 6.45) is -6.30. The SMILES string of the molecule is CC[C@H]1OC(=O)[C@H](C)[C@@H](O[C@H]2C[C@@](C)(OC)[C@@H](O)[C@H](C)O2)[C@H](C)[C@@H](O[C@@H]2O[C@H](C)C[C@H](N(C)C)[C@H]2O)[C@](C)(O)C[C@@H](C)CN[C@H](C)[C@@H](OC(=O)NCc2cccnc2)[C@]1(C)O. The number of aliphatic hydroxyl groups excluding tert-OH is 2. The molecule has 3 aliphatic rings. The zero-order chi connectivity index (χ0) is 45.6. The predicted molar refractivity (Wildman–Crippen MR) is 225 cm³/mol. The lowest BCUT2D eigenvalue weighted by Crippen LogP contribution is -2.61. The molecule has 4 heterocycles. The fraction of sp³-hybridized carbons (Fsp3) is 0.841. The van der Waals surface area contributed by atoms with Crippen LogP contribution < -0.4 is 10.6 Å². The zero-order valence-corrected chi connectivity index (χ0v) is 38.6. The van der Waals surface area contributed by atoms with Crippen LogP contribution in [-0.4, -0.2) is 160 Å². The number of carbonyl (C=O) groups is 2. The van der Waals surface area contributed by atoms with E-state index in [2.05, 4.69) is 15.6 Å². The molecule has 1 aromatic heterocycles. The van der Waals surface area contributed by atoms with E-state index in [0.29, 0.717) is 13.0 Å². The van der Waals surface area contributed by atoms with Crippen molar-refractivity contribution in [2.75, 3.05) is 27.7 Å². The van der Waals surface area contributed by atoms with E-state index in [0.717, 1.165) is 5.56 Å². The van der Waals surface area contributed by atoms with Crippen LogP contribution in [0.15, 0.2) is 24.5 Å². The molecule has 1 amide bonds. The van der Waals surface area contributed by atoms with Gasteiger partial charge in [0.05, 0.1) is 41.5 Å². The minimum Gasteiger partial charge on any atom is -0.459 e. The number of rotatable bonds is 10. The quantitative estimate of drug-likeness (QED) is 0.186. The molecule has 1 aromatic rings. The average molecular weight is 869 g/mol. The van der Waals surface area contributed by atoms with Gasteiger partial charge in [0.15, 0.2) is 18.7 Å². The fourth-order valence-corrected chi connectivity index (χ4v) is 9.41. The van der Waals surface area contributed by atoms with Crippen LogP contribution in [0.25, 0.3) is 0 Å². The molecule has 0 aromatic carbocycles. The number of ether oxygens (including phenoxy) is 7. The molecule has 0 aliphatic carbocycles. The fourth-order valence-electron chi connectivity index (χ4n) is 9.41. The molecule has 18 atom stereocenters.